The number of carbonyl (C=O) groups excluding carboxylic acids is 3. The highest BCUT2D eigenvalue weighted by atomic mass is 35.5. The number of carboxylic acids is 1. The molecule has 3 amide bonds. The van der Waals surface area contributed by atoms with Crippen LogP contribution in [0.1, 0.15) is 12.5 Å². The van der Waals surface area contributed by atoms with E-state index < -0.39 is 36.2 Å². The van der Waals surface area contributed by atoms with Crippen molar-refractivity contribution in [1.82, 2.24) is 4.90 Å². The van der Waals surface area contributed by atoms with Crippen molar-refractivity contribution >= 4 is 58.1 Å². The SMILES string of the molecule is CCOc1ccc(NC(=O)CN2C(=O)S/C(=C/c3cc(Cl)c(OCC(=O)O)c(OC)c3)C2=O)cc1. The second-order valence-corrected chi connectivity index (χ2v) is 8.39. The van der Waals surface area contributed by atoms with Crippen molar-refractivity contribution in [2.24, 2.45) is 0 Å². The quantitative estimate of drug-likeness (QED) is 0.448. The van der Waals surface area contributed by atoms with Crippen LogP contribution in [-0.2, 0) is 14.4 Å². The van der Waals surface area contributed by atoms with Crippen LogP contribution in [-0.4, -0.2) is 59.9 Å². The van der Waals surface area contributed by atoms with Gasteiger partial charge in [0, 0.05) is 5.69 Å². The van der Waals surface area contributed by atoms with E-state index in [0.717, 1.165) is 4.90 Å². The summed E-state index contributed by atoms with van der Waals surface area (Å²) in [7, 11) is 1.35. The molecule has 1 fully saturated rings. The third-order valence-corrected chi connectivity index (χ3v) is 5.70. The van der Waals surface area contributed by atoms with Gasteiger partial charge >= 0.3 is 5.97 Å². The summed E-state index contributed by atoms with van der Waals surface area (Å²) in [6.07, 6.45) is 1.42. The molecule has 35 heavy (non-hydrogen) atoms. The number of hydrogen-bond donors (Lipinski definition) is 2. The van der Waals surface area contributed by atoms with E-state index in [0.29, 0.717) is 35.4 Å². The summed E-state index contributed by atoms with van der Waals surface area (Å²) in [6.45, 7) is 1.30. The first-order chi connectivity index (χ1) is 16.7. The van der Waals surface area contributed by atoms with Gasteiger partial charge in [-0.2, -0.15) is 0 Å². The maximum Gasteiger partial charge on any atom is 0.341 e. The van der Waals surface area contributed by atoms with E-state index in [2.05, 4.69) is 5.32 Å². The first-order valence-corrected chi connectivity index (χ1v) is 11.4. The van der Waals surface area contributed by atoms with Gasteiger partial charge in [0.15, 0.2) is 18.1 Å². The summed E-state index contributed by atoms with van der Waals surface area (Å²) in [6, 6.07) is 9.61. The minimum Gasteiger partial charge on any atom is -0.494 e. The Balaban J connectivity index is 1.70. The Morgan fingerprint density at radius 3 is 2.51 bits per heavy atom. The molecule has 2 N–H and O–H groups in total. The van der Waals surface area contributed by atoms with Crippen LogP contribution in [0.4, 0.5) is 10.5 Å². The molecule has 12 heteroatoms. The zero-order chi connectivity index (χ0) is 25.5. The number of carbonyl (C=O) groups is 4. The maximum atomic E-state index is 12.8. The van der Waals surface area contributed by atoms with Crippen LogP contribution in [0.3, 0.4) is 0 Å². The summed E-state index contributed by atoms with van der Waals surface area (Å²) in [5.41, 5.74) is 0.909. The number of ether oxygens (including phenoxy) is 3. The third-order valence-electron chi connectivity index (χ3n) is 4.51. The summed E-state index contributed by atoms with van der Waals surface area (Å²) in [4.78, 5) is 49.3. The van der Waals surface area contributed by atoms with E-state index in [-0.39, 0.29) is 21.4 Å². The third kappa shape index (κ3) is 6.67. The van der Waals surface area contributed by atoms with E-state index in [9.17, 15) is 19.2 Å². The Morgan fingerprint density at radius 2 is 1.89 bits per heavy atom. The van der Waals surface area contributed by atoms with Gasteiger partial charge in [-0.3, -0.25) is 19.3 Å². The Labute approximate surface area is 209 Å². The molecule has 1 aliphatic heterocycles. The smallest absolute Gasteiger partial charge is 0.341 e. The average Bonchev–Trinajstić information content (AvgIpc) is 3.06. The minimum absolute atomic E-state index is 0.0350. The molecule has 1 heterocycles. The van der Waals surface area contributed by atoms with E-state index >= 15 is 0 Å². The number of halogens is 1. The second-order valence-electron chi connectivity index (χ2n) is 6.99. The van der Waals surface area contributed by atoms with Gasteiger partial charge in [-0.15, -0.1) is 0 Å². The predicted molar refractivity (Wildman–Crippen MR) is 130 cm³/mol. The highest BCUT2D eigenvalue weighted by Gasteiger charge is 2.36. The lowest BCUT2D eigenvalue weighted by atomic mass is 10.1. The number of imide groups is 1. The lowest BCUT2D eigenvalue weighted by Gasteiger charge is -2.13. The molecule has 1 saturated heterocycles. The predicted octanol–water partition coefficient (Wildman–Crippen LogP) is 3.89. The number of thioether (sulfide) groups is 1. The number of amides is 3. The van der Waals surface area contributed by atoms with Gasteiger partial charge in [0.05, 0.1) is 23.6 Å². The van der Waals surface area contributed by atoms with Crippen LogP contribution < -0.4 is 19.5 Å². The fraction of sp³-hybridized carbons (Fsp3) is 0.217. The molecule has 0 radical (unpaired) electrons. The molecule has 0 aromatic heterocycles. The summed E-state index contributed by atoms with van der Waals surface area (Å²) >= 11 is 6.87. The normalized spacial score (nSPS) is 14.3. The molecule has 3 rings (SSSR count). The number of aliphatic carboxylic acids is 1. The highest BCUT2D eigenvalue weighted by Crippen LogP contribution is 2.39. The van der Waals surface area contributed by atoms with Gasteiger partial charge in [0.2, 0.25) is 5.91 Å². The molecule has 0 aliphatic carbocycles. The number of carboxylic acid groups (broad SMARTS) is 1. The lowest BCUT2D eigenvalue weighted by Crippen LogP contribution is -2.36. The molecule has 1 aliphatic rings. The molecular weight excluding hydrogens is 500 g/mol. The Hall–Kier alpha value is -3.70. The van der Waals surface area contributed by atoms with Crippen LogP contribution in [0.2, 0.25) is 5.02 Å². The van der Waals surface area contributed by atoms with Crippen molar-refractivity contribution in [2.45, 2.75) is 6.92 Å². The van der Waals surface area contributed by atoms with Gasteiger partial charge in [-0.05, 0) is 66.7 Å². The first kappa shape index (κ1) is 25.9. The largest absolute Gasteiger partial charge is 0.494 e. The van der Waals surface area contributed by atoms with Crippen molar-refractivity contribution in [3.05, 3.63) is 51.9 Å². The van der Waals surface area contributed by atoms with Gasteiger partial charge in [-0.25, -0.2) is 4.79 Å². The fourth-order valence-corrected chi connectivity index (χ4v) is 4.14. The van der Waals surface area contributed by atoms with Gasteiger partial charge < -0.3 is 24.6 Å². The average molecular weight is 521 g/mol. The summed E-state index contributed by atoms with van der Waals surface area (Å²) < 4.78 is 15.7. The zero-order valence-corrected chi connectivity index (χ0v) is 20.3. The van der Waals surface area contributed by atoms with Crippen molar-refractivity contribution < 1.29 is 38.5 Å². The molecule has 2 aromatic rings. The number of methoxy groups -OCH3 is 1. The van der Waals surface area contributed by atoms with Crippen LogP contribution in [0, 0.1) is 0 Å². The molecule has 0 spiro atoms. The molecule has 0 saturated carbocycles. The van der Waals surface area contributed by atoms with Crippen molar-refractivity contribution in [1.29, 1.82) is 0 Å². The van der Waals surface area contributed by atoms with E-state index in [1.807, 2.05) is 6.92 Å². The Morgan fingerprint density at radius 1 is 1.17 bits per heavy atom. The van der Waals surface area contributed by atoms with E-state index in [4.69, 9.17) is 30.9 Å². The number of nitrogens with one attached hydrogen (secondary N) is 1. The van der Waals surface area contributed by atoms with E-state index in [1.54, 1.807) is 24.3 Å². The van der Waals surface area contributed by atoms with Crippen LogP contribution in [0.5, 0.6) is 17.2 Å². The van der Waals surface area contributed by atoms with Crippen molar-refractivity contribution in [2.75, 3.05) is 32.2 Å². The monoisotopic (exact) mass is 520 g/mol. The molecule has 0 unspecified atom stereocenters. The molecular formula is C23H21ClN2O8S. The van der Waals surface area contributed by atoms with Gasteiger partial charge in [0.1, 0.15) is 12.3 Å². The summed E-state index contributed by atoms with van der Waals surface area (Å²) in [5, 5.41) is 10.9. The molecule has 2 aromatic carbocycles. The van der Waals surface area contributed by atoms with Gasteiger partial charge in [0.25, 0.3) is 11.1 Å². The molecule has 10 nitrogen and oxygen atoms in total. The summed E-state index contributed by atoms with van der Waals surface area (Å²) in [5.74, 6) is -1.52. The minimum atomic E-state index is -1.19. The first-order valence-electron chi connectivity index (χ1n) is 10.2. The Kier molecular flexibility index (Phi) is 8.61. The number of hydrogen-bond acceptors (Lipinski definition) is 8. The standard InChI is InChI=1S/C23H21ClN2O8S/c1-3-33-15-6-4-14(5-7-15)25-19(27)11-26-22(30)18(35-23(26)31)10-13-8-16(24)21(17(9-13)32-2)34-12-20(28)29/h4-10H,3,11-12H2,1-2H3,(H,25,27)(H,28,29)/b18-10+. The zero-order valence-electron chi connectivity index (χ0n) is 18.7. The van der Waals surface area contributed by atoms with E-state index in [1.165, 1.54) is 25.3 Å². The number of benzene rings is 2. The fourth-order valence-electron chi connectivity index (χ4n) is 3.03. The van der Waals surface area contributed by atoms with Crippen molar-refractivity contribution in [3.8, 4) is 17.2 Å². The van der Waals surface area contributed by atoms with Crippen LogP contribution in [0.15, 0.2) is 41.3 Å². The topological polar surface area (TPSA) is 131 Å². The molecule has 184 valence electrons. The van der Waals surface area contributed by atoms with Gasteiger partial charge in [-0.1, -0.05) is 11.6 Å². The van der Waals surface area contributed by atoms with Crippen molar-refractivity contribution in [3.63, 3.8) is 0 Å². The van der Waals surface area contributed by atoms with Crippen LogP contribution >= 0.6 is 23.4 Å². The number of rotatable bonds is 10. The Bertz CT molecular complexity index is 1180. The maximum absolute atomic E-state index is 12.8. The molecule has 0 atom stereocenters. The second kappa shape index (κ2) is 11.6. The lowest BCUT2D eigenvalue weighted by molar-refractivity contribution is -0.139. The highest BCUT2D eigenvalue weighted by molar-refractivity contribution is 8.18. The van der Waals surface area contributed by atoms with Crippen LogP contribution in [0.25, 0.3) is 6.08 Å². The molecule has 0 bridgehead atoms. The number of nitrogens with zero attached hydrogens (tertiary/aromatic N) is 1. The number of anilines is 1.